The van der Waals surface area contributed by atoms with Gasteiger partial charge in [-0.15, -0.1) is 0 Å². The molecular weight excluding hydrogens is 374 g/mol. The van der Waals surface area contributed by atoms with Crippen LogP contribution in [0.3, 0.4) is 0 Å². The third kappa shape index (κ3) is 3.26. The van der Waals surface area contributed by atoms with Crippen LogP contribution in [0.15, 0.2) is 39.5 Å². The molecule has 0 saturated carbocycles. The highest BCUT2D eigenvalue weighted by Crippen LogP contribution is 2.36. The van der Waals surface area contributed by atoms with E-state index in [-0.39, 0.29) is 33.6 Å². The number of rotatable bonds is 4. The highest BCUT2D eigenvalue weighted by atomic mass is 16.4. The molecule has 0 saturated heterocycles. The number of phenolic OH excluding ortho intramolecular Hbond substituents is 3. The molecular formula is C18H13NO9. The molecule has 6 N–H and O–H groups in total. The molecule has 0 fully saturated rings. The monoisotopic (exact) mass is 387 g/mol. The molecule has 2 aromatic carbocycles. The fourth-order valence-electron chi connectivity index (χ4n) is 2.58. The van der Waals surface area contributed by atoms with Crippen molar-refractivity contribution in [3.05, 3.63) is 46.1 Å². The quantitative estimate of drug-likeness (QED) is 0.382. The number of fused-ring (bicyclic) bond motifs is 1. The molecule has 1 heterocycles. The summed E-state index contributed by atoms with van der Waals surface area (Å²) in [5.41, 5.74) is -1.50. The van der Waals surface area contributed by atoms with Crippen LogP contribution in [0.2, 0.25) is 0 Å². The van der Waals surface area contributed by atoms with E-state index in [2.05, 4.69) is 5.32 Å². The summed E-state index contributed by atoms with van der Waals surface area (Å²) < 4.78 is 5.42. The summed E-state index contributed by atoms with van der Waals surface area (Å²) in [6, 6.07) is 5.38. The highest BCUT2D eigenvalue weighted by molar-refractivity contribution is 5.99. The van der Waals surface area contributed by atoms with E-state index in [1.165, 1.54) is 6.07 Å². The number of nitrogens with one attached hydrogen (secondary N) is 1. The van der Waals surface area contributed by atoms with Crippen LogP contribution in [0, 0.1) is 0 Å². The van der Waals surface area contributed by atoms with Gasteiger partial charge in [-0.3, -0.25) is 14.4 Å². The molecule has 0 unspecified atom stereocenters. The molecule has 10 nitrogen and oxygen atoms in total. The summed E-state index contributed by atoms with van der Waals surface area (Å²) in [6.45, 7) is -0.683. The maximum absolute atomic E-state index is 12.4. The van der Waals surface area contributed by atoms with Crippen molar-refractivity contribution in [3.63, 3.8) is 0 Å². The SMILES string of the molecule is O=C(O)CNC(=O)c1cc(-c2oc3cc(O)cc(O)c3c(=O)c2O)ccc1O. The smallest absolute Gasteiger partial charge is 0.322 e. The fourth-order valence-corrected chi connectivity index (χ4v) is 2.58. The first-order valence-electron chi connectivity index (χ1n) is 7.74. The Labute approximate surface area is 155 Å². The number of hydrogen-bond acceptors (Lipinski definition) is 8. The molecule has 0 atom stereocenters. The lowest BCUT2D eigenvalue weighted by molar-refractivity contribution is -0.135. The second-order valence-corrected chi connectivity index (χ2v) is 5.76. The third-order valence-electron chi connectivity index (χ3n) is 3.84. The average molecular weight is 387 g/mol. The molecule has 3 aromatic rings. The summed E-state index contributed by atoms with van der Waals surface area (Å²) in [7, 11) is 0. The zero-order valence-corrected chi connectivity index (χ0v) is 14.0. The highest BCUT2D eigenvalue weighted by Gasteiger charge is 2.21. The minimum absolute atomic E-state index is 0.0117. The van der Waals surface area contributed by atoms with Gasteiger partial charge < -0.3 is 35.3 Å². The number of aliphatic carboxylic acids is 1. The minimum atomic E-state index is -1.29. The topological polar surface area (TPSA) is 178 Å². The Morgan fingerprint density at radius 2 is 1.71 bits per heavy atom. The maximum atomic E-state index is 12.4. The normalized spacial score (nSPS) is 10.7. The molecule has 0 radical (unpaired) electrons. The van der Waals surface area contributed by atoms with Gasteiger partial charge in [0.25, 0.3) is 5.91 Å². The van der Waals surface area contributed by atoms with Crippen molar-refractivity contribution in [1.82, 2.24) is 5.32 Å². The van der Waals surface area contributed by atoms with Crippen molar-refractivity contribution < 1.29 is 39.5 Å². The minimum Gasteiger partial charge on any atom is -0.508 e. The lowest BCUT2D eigenvalue weighted by Crippen LogP contribution is -2.29. The Kier molecular flexibility index (Phi) is 4.53. The van der Waals surface area contributed by atoms with Gasteiger partial charge in [-0.05, 0) is 18.2 Å². The van der Waals surface area contributed by atoms with E-state index in [0.717, 1.165) is 24.3 Å². The molecule has 0 bridgehead atoms. The van der Waals surface area contributed by atoms with Crippen molar-refractivity contribution in [2.75, 3.05) is 6.54 Å². The number of amides is 1. The van der Waals surface area contributed by atoms with Crippen molar-refractivity contribution in [2.24, 2.45) is 0 Å². The molecule has 1 aromatic heterocycles. The molecule has 0 spiro atoms. The zero-order valence-electron chi connectivity index (χ0n) is 14.0. The van der Waals surface area contributed by atoms with Crippen LogP contribution in [0.25, 0.3) is 22.3 Å². The predicted molar refractivity (Wildman–Crippen MR) is 94.5 cm³/mol. The first-order valence-corrected chi connectivity index (χ1v) is 7.74. The molecule has 0 aliphatic heterocycles. The molecule has 0 aliphatic rings. The number of aromatic hydroxyl groups is 4. The third-order valence-corrected chi connectivity index (χ3v) is 3.84. The lowest BCUT2D eigenvalue weighted by atomic mass is 10.0. The van der Waals surface area contributed by atoms with Gasteiger partial charge in [-0.1, -0.05) is 0 Å². The standard InChI is InChI=1S/C18H13NO9/c20-8-4-11(22)14-12(5-8)28-17(16(26)15(14)25)7-1-2-10(21)9(3-7)18(27)19-6-13(23)24/h1-5,20-22,26H,6H2,(H,19,27)(H,23,24). The van der Waals surface area contributed by atoms with Gasteiger partial charge in [0.2, 0.25) is 11.2 Å². The van der Waals surface area contributed by atoms with E-state index >= 15 is 0 Å². The van der Waals surface area contributed by atoms with Crippen LogP contribution < -0.4 is 10.7 Å². The van der Waals surface area contributed by atoms with Crippen molar-refractivity contribution in [2.45, 2.75) is 0 Å². The van der Waals surface area contributed by atoms with Crippen LogP contribution in [-0.4, -0.2) is 44.0 Å². The number of phenols is 3. The van der Waals surface area contributed by atoms with Crippen LogP contribution >= 0.6 is 0 Å². The van der Waals surface area contributed by atoms with Crippen molar-refractivity contribution >= 4 is 22.8 Å². The van der Waals surface area contributed by atoms with Crippen molar-refractivity contribution in [3.8, 4) is 34.3 Å². The Hall–Kier alpha value is -4.21. The fraction of sp³-hybridized carbons (Fsp3) is 0.0556. The van der Waals surface area contributed by atoms with E-state index in [0.29, 0.717) is 0 Å². The molecule has 144 valence electrons. The number of carbonyl (C=O) groups is 2. The summed E-state index contributed by atoms with van der Waals surface area (Å²) in [5.74, 6) is -4.88. The number of carboxylic acids is 1. The van der Waals surface area contributed by atoms with Crippen LogP contribution in [0.5, 0.6) is 23.0 Å². The Morgan fingerprint density at radius 3 is 2.39 bits per heavy atom. The van der Waals surface area contributed by atoms with Gasteiger partial charge in [0.05, 0.1) is 5.56 Å². The Balaban J connectivity index is 2.16. The molecule has 28 heavy (non-hydrogen) atoms. The summed E-state index contributed by atoms with van der Waals surface area (Å²) in [5, 5.41) is 49.8. The summed E-state index contributed by atoms with van der Waals surface area (Å²) in [6.07, 6.45) is 0. The van der Waals surface area contributed by atoms with E-state index in [1.807, 2.05) is 0 Å². The largest absolute Gasteiger partial charge is 0.508 e. The van der Waals surface area contributed by atoms with Gasteiger partial charge in [0, 0.05) is 17.7 Å². The van der Waals surface area contributed by atoms with Crippen LogP contribution in [0.4, 0.5) is 0 Å². The van der Waals surface area contributed by atoms with E-state index < -0.39 is 41.1 Å². The maximum Gasteiger partial charge on any atom is 0.322 e. The number of hydrogen-bond donors (Lipinski definition) is 6. The number of benzene rings is 2. The molecule has 3 rings (SSSR count). The number of carboxylic acid groups (broad SMARTS) is 1. The average Bonchev–Trinajstić information content (AvgIpc) is 2.62. The lowest BCUT2D eigenvalue weighted by Gasteiger charge is -2.10. The summed E-state index contributed by atoms with van der Waals surface area (Å²) >= 11 is 0. The van der Waals surface area contributed by atoms with Crippen LogP contribution in [0.1, 0.15) is 10.4 Å². The van der Waals surface area contributed by atoms with E-state index in [4.69, 9.17) is 9.52 Å². The van der Waals surface area contributed by atoms with Crippen molar-refractivity contribution in [1.29, 1.82) is 0 Å². The van der Waals surface area contributed by atoms with Gasteiger partial charge in [-0.25, -0.2) is 0 Å². The first kappa shape index (κ1) is 18.6. The van der Waals surface area contributed by atoms with E-state index in [1.54, 1.807) is 0 Å². The molecule has 0 aliphatic carbocycles. The Bertz CT molecular complexity index is 1180. The first-order chi connectivity index (χ1) is 13.2. The van der Waals surface area contributed by atoms with Gasteiger partial charge in [-0.2, -0.15) is 0 Å². The summed E-state index contributed by atoms with van der Waals surface area (Å²) in [4.78, 5) is 35.0. The van der Waals surface area contributed by atoms with Gasteiger partial charge >= 0.3 is 5.97 Å². The zero-order chi connectivity index (χ0) is 20.6. The predicted octanol–water partition coefficient (Wildman–Crippen LogP) is 1.10. The molecule has 10 heteroatoms. The molecule has 1 amide bonds. The second kappa shape index (κ2) is 6.83. The van der Waals surface area contributed by atoms with Crippen LogP contribution in [-0.2, 0) is 4.79 Å². The number of carbonyl (C=O) groups excluding carboxylic acids is 1. The van der Waals surface area contributed by atoms with Gasteiger partial charge in [0.15, 0.2) is 5.76 Å². The van der Waals surface area contributed by atoms with E-state index in [9.17, 15) is 34.8 Å². The second-order valence-electron chi connectivity index (χ2n) is 5.76. The van der Waals surface area contributed by atoms with Gasteiger partial charge in [0.1, 0.15) is 34.8 Å². The Morgan fingerprint density at radius 1 is 1.00 bits per heavy atom.